The molecular formula is C19H26N6O. The minimum Gasteiger partial charge on any atom is -0.490 e. The van der Waals surface area contributed by atoms with Crippen LogP contribution in [0.5, 0.6) is 5.75 Å². The summed E-state index contributed by atoms with van der Waals surface area (Å²) in [6, 6.07) is 10.1. The maximum atomic E-state index is 6.09. The molecule has 2 aliphatic heterocycles. The van der Waals surface area contributed by atoms with Gasteiger partial charge < -0.3 is 19.9 Å². The van der Waals surface area contributed by atoms with Crippen molar-refractivity contribution in [2.45, 2.75) is 25.9 Å². The lowest BCUT2D eigenvalue weighted by Crippen LogP contribution is -2.45. The number of hydrogen-bond acceptors (Lipinski definition) is 7. The van der Waals surface area contributed by atoms with Gasteiger partial charge in [-0.05, 0) is 19.1 Å². The zero-order chi connectivity index (χ0) is 17.8. The molecular weight excluding hydrogens is 328 g/mol. The van der Waals surface area contributed by atoms with Gasteiger partial charge in [0.1, 0.15) is 17.7 Å². The Morgan fingerprint density at radius 2 is 1.50 bits per heavy atom. The van der Waals surface area contributed by atoms with Crippen LogP contribution in [0.4, 0.5) is 11.9 Å². The van der Waals surface area contributed by atoms with E-state index in [9.17, 15) is 0 Å². The second-order valence-corrected chi connectivity index (χ2v) is 6.84. The average molecular weight is 354 g/mol. The largest absolute Gasteiger partial charge is 0.490 e. The number of ether oxygens (including phenoxy) is 1. The van der Waals surface area contributed by atoms with Crippen LogP contribution in [0.25, 0.3) is 0 Å². The Hall–Kier alpha value is -2.41. The molecule has 3 heterocycles. The molecule has 1 aromatic heterocycles. The summed E-state index contributed by atoms with van der Waals surface area (Å²) >= 11 is 0. The van der Waals surface area contributed by atoms with Gasteiger partial charge in [-0.3, -0.25) is 0 Å². The highest BCUT2D eigenvalue weighted by Crippen LogP contribution is 2.22. The van der Waals surface area contributed by atoms with E-state index in [-0.39, 0.29) is 6.10 Å². The van der Waals surface area contributed by atoms with E-state index >= 15 is 0 Å². The van der Waals surface area contributed by atoms with E-state index in [4.69, 9.17) is 9.72 Å². The fraction of sp³-hybridized carbons (Fsp3) is 0.526. The summed E-state index contributed by atoms with van der Waals surface area (Å²) in [7, 11) is 0. The number of aromatic nitrogens is 3. The SMILES string of the molecule is Cc1nc(N2CCNCC2)nc(N2CCC(Oc3ccccc3)CC2)n1. The van der Waals surface area contributed by atoms with Crippen LogP contribution < -0.4 is 19.9 Å². The summed E-state index contributed by atoms with van der Waals surface area (Å²) < 4.78 is 6.09. The van der Waals surface area contributed by atoms with Gasteiger partial charge in [-0.1, -0.05) is 18.2 Å². The highest BCUT2D eigenvalue weighted by molar-refractivity contribution is 5.40. The summed E-state index contributed by atoms with van der Waals surface area (Å²) in [5, 5.41) is 3.36. The number of anilines is 2. The van der Waals surface area contributed by atoms with Crippen molar-refractivity contribution >= 4 is 11.9 Å². The highest BCUT2D eigenvalue weighted by Gasteiger charge is 2.24. The van der Waals surface area contributed by atoms with Crippen LogP contribution in [0.1, 0.15) is 18.7 Å². The summed E-state index contributed by atoms with van der Waals surface area (Å²) in [4.78, 5) is 18.4. The fourth-order valence-electron chi connectivity index (χ4n) is 3.47. The molecule has 0 spiro atoms. The van der Waals surface area contributed by atoms with Crippen LogP contribution >= 0.6 is 0 Å². The molecule has 0 unspecified atom stereocenters. The maximum Gasteiger partial charge on any atom is 0.230 e. The summed E-state index contributed by atoms with van der Waals surface area (Å²) in [5.41, 5.74) is 0. The van der Waals surface area contributed by atoms with Gasteiger partial charge >= 0.3 is 0 Å². The van der Waals surface area contributed by atoms with Gasteiger partial charge in [0.15, 0.2) is 0 Å². The minimum absolute atomic E-state index is 0.254. The number of benzene rings is 1. The molecule has 2 saturated heterocycles. The lowest BCUT2D eigenvalue weighted by atomic mass is 10.1. The molecule has 7 heteroatoms. The first kappa shape index (κ1) is 17.0. The predicted molar refractivity (Wildman–Crippen MR) is 102 cm³/mol. The number of hydrogen-bond donors (Lipinski definition) is 1. The standard InChI is InChI=1S/C19H26N6O/c1-15-21-18(23-19(22-15)25-13-9-20-10-14-25)24-11-7-17(8-12-24)26-16-5-3-2-4-6-16/h2-6,17,20H,7-14H2,1H3. The maximum absolute atomic E-state index is 6.09. The van der Waals surface area contributed by atoms with Crippen molar-refractivity contribution in [2.24, 2.45) is 0 Å². The number of piperazine rings is 1. The van der Waals surface area contributed by atoms with Gasteiger partial charge in [-0.25, -0.2) is 0 Å². The Morgan fingerprint density at radius 1 is 0.885 bits per heavy atom. The lowest BCUT2D eigenvalue weighted by molar-refractivity contribution is 0.170. The summed E-state index contributed by atoms with van der Waals surface area (Å²) in [5.74, 6) is 3.33. The highest BCUT2D eigenvalue weighted by atomic mass is 16.5. The molecule has 4 rings (SSSR count). The molecule has 138 valence electrons. The van der Waals surface area contributed by atoms with Gasteiger partial charge in [-0.2, -0.15) is 15.0 Å². The average Bonchev–Trinajstić information content (AvgIpc) is 2.70. The van der Waals surface area contributed by atoms with Gasteiger partial charge in [0.25, 0.3) is 0 Å². The number of nitrogens with one attached hydrogen (secondary N) is 1. The Bertz CT molecular complexity index is 711. The zero-order valence-electron chi connectivity index (χ0n) is 15.3. The molecule has 7 nitrogen and oxygen atoms in total. The molecule has 0 atom stereocenters. The Morgan fingerprint density at radius 3 is 2.15 bits per heavy atom. The molecule has 2 aliphatic rings. The fourth-order valence-corrected chi connectivity index (χ4v) is 3.47. The molecule has 1 aromatic carbocycles. The van der Waals surface area contributed by atoms with E-state index in [0.29, 0.717) is 0 Å². The van der Waals surface area contributed by atoms with Crippen molar-refractivity contribution in [3.05, 3.63) is 36.2 Å². The number of rotatable bonds is 4. The molecule has 0 bridgehead atoms. The van der Waals surface area contributed by atoms with E-state index in [0.717, 1.165) is 75.6 Å². The first-order valence-corrected chi connectivity index (χ1v) is 9.43. The van der Waals surface area contributed by atoms with E-state index in [1.54, 1.807) is 0 Å². The molecule has 0 radical (unpaired) electrons. The number of para-hydroxylation sites is 1. The van der Waals surface area contributed by atoms with Crippen molar-refractivity contribution in [3.63, 3.8) is 0 Å². The monoisotopic (exact) mass is 354 g/mol. The second kappa shape index (κ2) is 7.86. The van der Waals surface area contributed by atoms with Crippen molar-refractivity contribution in [3.8, 4) is 5.75 Å². The smallest absolute Gasteiger partial charge is 0.230 e. The van der Waals surface area contributed by atoms with Crippen LogP contribution in [-0.4, -0.2) is 60.3 Å². The van der Waals surface area contributed by atoms with Gasteiger partial charge in [0.2, 0.25) is 11.9 Å². The van der Waals surface area contributed by atoms with Crippen LogP contribution in [0, 0.1) is 6.92 Å². The third-order valence-electron chi connectivity index (χ3n) is 4.89. The van der Waals surface area contributed by atoms with Crippen LogP contribution in [0.2, 0.25) is 0 Å². The van der Waals surface area contributed by atoms with Gasteiger partial charge in [0, 0.05) is 52.1 Å². The zero-order valence-corrected chi connectivity index (χ0v) is 15.3. The van der Waals surface area contributed by atoms with Crippen molar-refractivity contribution in [1.29, 1.82) is 0 Å². The quantitative estimate of drug-likeness (QED) is 0.895. The minimum atomic E-state index is 0.254. The molecule has 26 heavy (non-hydrogen) atoms. The number of nitrogens with zero attached hydrogens (tertiary/aromatic N) is 5. The lowest BCUT2D eigenvalue weighted by Gasteiger charge is -2.33. The molecule has 2 aromatic rings. The Balaban J connectivity index is 1.40. The Kier molecular flexibility index (Phi) is 5.15. The third kappa shape index (κ3) is 4.04. The second-order valence-electron chi connectivity index (χ2n) is 6.84. The summed E-state index contributed by atoms with van der Waals surface area (Å²) in [6.45, 7) is 7.59. The first-order valence-electron chi connectivity index (χ1n) is 9.43. The van der Waals surface area contributed by atoms with Gasteiger partial charge in [0.05, 0.1) is 0 Å². The molecule has 0 aliphatic carbocycles. The van der Waals surface area contributed by atoms with Crippen LogP contribution in [0.3, 0.4) is 0 Å². The topological polar surface area (TPSA) is 66.4 Å². The van der Waals surface area contributed by atoms with E-state index in [1.807, 2.05) is 37.3 Å². The van der Waals surface area contributed by atoms with Crippen molar-refractivity contribution in [1.82, 2.24) is 20.3 Å². The first-order chi connectivity index (χ1) is 12.8. The molecule has 1 N–H and O–H groups in total. The Labute approximate surface area is 154 Å². The molecule has 0 saturated carbocycles. The number of aryl methyl sites for hydroxylation is 1. The molecule has 0 amide bonds. The predicted octanol–water partition coefficient (Wildman–Crippen LogP) is 1.64. The molecule has 2 fully saturated rings. The van der Waals surface area contributed by atoms with Crippen molar-refractivity contribution in [2.75, 3.05) is 49.1 Å². The van der Waals surface area contributed by atoms with Crippen molar-refractivity contribution < 1.29 is 4.74 Å². The van der Waals surface area contributed by atoms with E-state index < -0.39 is 0 Å². The van der Waals surface area contributed by atoms with Gasteiger partial charge in [-0.15, -0.1) is 0 Å². The number of piperidine rings is 1. The van der Waals surface area contributed by atoms with Crippen LogP contribution in [0.15, 0.2) is 30.3 Å². The normalized spacial score (nSPS) is 18.8. The van der Waals surface area contributed by atoms with Crippen LogP contribution in [-0.2, 0) is 0 Å². The summed E-state index contributed by atoms with van der Waals surface area (Å²) in [6.07, 6.45) is 2.20. The van der Waals surface area contributed by atoms with E-state index in [2.05, 4.69) is 25.1 Å². The van der Waals surface area contributed by atoms with E-state index in [1.165, 1.54) is 0 Å². The third-order valence-corrected chi connectivity index (χ3v) is 4.89.